The van der Waals surface area contributed by atoms with Gasteiger partial charge in [-0.25, -0.2) is 15.0 Å². The molecule has 1 amide bonds. The number of amides is 1. The molecule has 0 atom stereocenters. The van der Waals surface area contributed by atoms with E-state index in [-0.39, 0.29) is 11.7 Å². The van der Waals surface area contributed by atoms with Gasteiger partial charge in [0.25, 0.3) is 5.91 Å². The van der Waals surface area contributed by atoms with Gasteiger partial charge < -0.3 is 4.98 Å². The van der Waals surface area contributed by atoms with Crippen molar-refractivity contribution in [3.63, 3.8) is 0 Å². The number of rotatable bonds is 4. The monoisotopic (exact) mass is 371 g/mol. The van der Waals surface area contributed by atoms with Gasteiger partial charge in [-0.2, -0.15) is 5.10 Å². The number of aromatic nitrogens is 3. The number of nitrogens with zero attached hydrogens (tertiary/aromatic N) is 4. The molecule has 0 saturated heterocycles. The van der Waals surface area contributed by atoms with E-state index in [2.05, 4.69) is 20.1 Å². The summed E-state index contributed by atoms with van der Waals surface area (Å²) in [4.78, 5) is 24.0. The van der Waals surface area contributed by atoms with Crippen molar-refractivity contribution in [2.45, 2.75) is 11.6 Å². The molecule has 3 heterocycles. The Morgan fingerprint density at radius 1 is 1.32 bits per heavy atom. The lowest BCUT2D eigenvalue weighted by Crippen LogP contribution is -2.25. The van der Waals surface area contributed by atoms with Gasteiger partial charge in [0.2, 0.25) is 0 Å². The number of carbonyl (C=O) groups is 1. The first-order valence-electron chi connectivity index (χ1n) is 7.76. The highest BCUT2D eigenvalue weighted by molar-refractivity contribution is 7.99. The fourth-order valence-electron chi connectivity index (χ4n) is 2.60. The zero-order chi connectivity index (χ0) is 17.2. The number of nitrogens with one attached hydrogen (secondary N) is 1. The molecule has 0 spiro atoms. The predicted molar refractivity (Wildman–Crippen MR) is 98.9 cm³/mol. The van der Waals surface area contributed by atoms with Crippen LogP contribution in [0.3, 0.4) is 0 Å². The van der Waals surface area contributed by atoms with E-state index in [0.29, 0.717) is 22.4 Å². The molecule has 6 nitrogen and oxygen atoms in total. The third kappa shape index (κ3) is 3.52. The quantitative estimate of drug-likeness (QED) is 0.714. The molecule has 126 valence electrons. The summed E-state index contributed by atoms with van der Waals surface area (Å²) in [5.41, 5.74) is 3.35. The third-order valence-corrected chi connectivity index (χ3v) is 4.88. The highest BCUT2D eigenvalue weighted by Crippen LogP contribution is 2.22. The number of halogens is 1. The summed E-state index contributed by atoms with van der Waals surface area (Å²) in [5.74, 6) is 0.224. The molecular weight excluding hydrogens is 358 g/mol. The third-order valence-electron chi connectivity index (χ3n) is 3.81. The molecule has 1 N–H and O–H groups in total. The molecule has 0 saturated carbocycles. The van der Waals surface area contributed by atoms with E-state index >= 15 is 0 Å². The first-order valence-corrected chi connectivity index (χ1v) is 9.13. The molecule has 3 aromatic rings. The zero-order valence-corrected chi connectivity index (χ0v) is 14.7. The number of fused-ring (bicyclic) bond motifs is 1. The number of H-pyrrole nitrogens is 1. The maximum atomic E-state index is 12.4. The van der Waals surface area contributed by atoms with Crippen LogP contribution in [0.1, 0.15) is 12.0 Å². The van der Waals surface area contributed by atoms with Crippen LogP contribution in [-0.4, -0.2) is 43.9 Å². The number of hydrogen-bond acceptors (Lipinski definition) is 5. The molecule has 0 radical (unpaired) electrons. The van der Waals surface area contributed by atoms with Gasteiger partial charge in [0.05, 0.1) is 28.5 Å². The summed E-state index contributed by atoms with van der Waals surface area (Å²) in [7, 11) is 0. The van der Waals surface area contributed by atoms with Gasteiger partial charge >= 0.3 is 0 Å². The number of pyridine rings is 1. The number of hydrazone groups is 1. The van der Waals surface area contributed by atoms with E-state index in [1.165, 1.54) is 16.8 Å². The Kier molecular flexibility index (Phi) is 4.42. The van der Waals surface area contributed by atoms with Crippen LogP contribution in [0.4, 0.5) is 0 Å². The summed E-state index contributed by atoms with van der Waals surface area (Å²) in [6.45, 7) is 0.612. The van der Waals surface area contributed by atoms with Gasteiger partial charge in [-0.15, -0.1) is 0 Å². The number of thioether (sulfide) groups is 1. The molecule has 4 rings (SSSR count). The van der Waals surface area contributed by atoms with Crippen molar-refractivity contribution < 1.29 is 4.79 Å². The largest absolute Gasteiger partial charge is 0.331 e. The molecule has 0 bridgehead atoms. The van der Waals surface area contributed by atoms with E-state index < -0.39 is 0 Å². The van der Waals surface area contributed by atoms with Crippen molar-refractivity contribution >= 4 is 46.1 Å². The Bertz CT molecular complexity index is 956. The van der Waals surface area contributed by atoms with Crippen LogP contribution in [-0.2, 0) is 4.79 Å². The maximum Gasteiger partial charge on any atom is 0.253 e. The second-order valence-electron chi connectivity index (χ2n) is 5.53. The summed E-state index contributed by atoms with van der Waals surface area (Å²) < 4.78 is 0. The lowest BCUT2D eigenvalue weighted by Gasteiger charge is -2.09. The molecular formula is C17H14ClN5OS. The van der Waals surface area contributed by atoms with Gasteiger partial charge in [-0.05, 0) is 11.6 Å². The number of hydrogen-bond donors (Lipinski definition) is 1. The molecule has 0 unspecified atom stereocenters. The van der Waals surface area contributed by atoms with Crippen LogP contribution in [0, 0.1) is 0 Å². The minimum absolute atomic E-state index is 0.0395. The fraction of sp³-hybridized carbons (Fsp3) is 0.176. The van der Waals surface area contributed by atoms with Gasteiger partial charge in [0.1, 0.15) is 0 Å². The van der Waals surface area contributed by atoms with Crippen LogP contribution in [0.5, 0.6) is 0 Å². The summed E-state index contributed by atoms with van der Waals surface area (Å²) in [6, 6.07) is 11.7. The Hall–Kier alpha value is -2.38. The molecule has 1 aliphatic rings. The van der Waals surface area contributed by atoms with Crippen LogP contribution < -0.4 is 0 Å². The fourth-order valence-corrected chi connectivity index (χ4v) is 3.50. The van der Waals surface area contributed by atoms with Crippen molar-refractivity contribution in [3.05, 3.63) is 53.2 Å². The normalized spacial score (nSPS) is 14.1. The van der Waals surface area contributed by atoms with E-state index in [1.807, 2.05) is 30.3 Å². The Morgan fingerprint density at radius 3 is 3.00 bits per heavy atom. The topological polar surface area (TPSA) is 74.2 Å². The van der Waals surface area contributed by atoms with Crippen molar-refractivity contribution in [2.75, 3.05) is 12.3 Å². The van der Waals surface area contributed by atoms with Gasteiger partial charge in [0, 0.05) is 12.6 Å². The Morgan fingerprint density at radius 2 is 2.16 bits per heavy atom. The summed E-state index contributed by atoms with van der Waals surface area (Å²) in [6.07, 6.45) is 2.32. The van der Waals surface area contributed by atoms with E-state index in [1.54, 1.807) is 12.3 Å². The highest BCUT2D eigenvalue weighted by Gasteiger charge is 2.21. The van der Waals surface area contributed by atoms with E-state index in [0.717, 1.165) is 23.2 Å². The average Bonchev–Trinajstić information content (AvgIpc) is 3.27. The minimum Gasteiger partial charge on any atom is -0.331 e. The first kappa shape index (κ1) is 16.1. The van der Waals surface area contributed by atoms with Crippen molar-refractivity contribution in [1.82, 2.24) is 20.0 Å². The van der Waals surface area contributed by atoms with Gasteiger partial charge in [0.15, 0.2) is 10.8 Å². The first-order chi connectivity index (χ1) is 12.2. The molecule has 25 heavy (non-hydrogen) atoms. The van der Waals surface area contributed by atoms with Crippen molar-refractivity contribution in [2.24, 2.45) is 5.10 Å². The van der Waals surface area contributed by atoms with Crippen LogP contribution in [0.25, 0.3) is 11.2 Å². The lowest BCUT2D eigenvalue weighted by molar-refractivity contribution is -0.127. The van der Waals surface area contributed by atoms with Gasteiger partial charge in [-0.3, -0.25) is 4.79 Å². The van der Waals surface area contributed by atoms with Crippen molar-refractivity contribution in [1.29, 1.82) is 0 Å². The van der Waals surface area contributed by atoms with Crippen LogP contribution >= 0.6 is 23.4 Å². The molecule has 2 aromatic heterocycles. The Labute approximate surface area is 153 Å². The molecule has 1 aliphatic heterocycles. The summed E-state index contributed by atoms with van der Waals surface area (Å²) >= 11 is 7.25. The minimum atomic E-state index is -0.0395. The highest BCUT2D eigenvalue weighted by atomic mass is 35.5. The number of aromatic amines is 1. The van der Waals surface area contributed by atoms with E-state index in [4.69, 9.17) is 11.6 Å². The number of benzene rings is 1. The molecule has 0 aliphatic carbocycles. The van der Waals surface area contributed by atoms with Crippen LogP contribution in [0.2, 0.25) is 5.02 Å². The lowest BCUT2D eigenvalue weighted by atomic mass is 10.1. The number of imidazole rings is 1. The molecule has 8 heteroatoms. The standard InChI is InChI=1S/C17H14ClN5OS/c18-12-8-14-16(19-9-12)21-17(20-14)25-10-15(24)23-7-6-13(22-23)11-4-2-1-3-5-11/h1-5,8-9H,6-7,10H2,(H,19,20,21). The van der Waals surface area contributed by atoms with Crippen LogP contribution in [0.15, 0.2) is 52.9 Å². The Balaban J connectivity index is 1.41. The van der Waals surface area contributed by atoms with E-state index in [9.17, 15) is 4.79 Å². The average molecular weight is 372 g/mol. The van der Waals surface area contributed by atoms with Gasteiger partial charge in [-0.1, -0.05) is 53.7 Å². The second kappa shape index (κ2) is 6.85. The molecule has 0 fully saturated rings. The second-order valence-corrected chi connectivity index (χ2v) is 6.94. The smallest absolute Gasteiger partial charge is 0.253 e. The predicted octanol–water partition coefficient (Wildman–Crippen LogP) is 3.34. The summed E-state index contributed by atoms with van der Waals surface area (Å²) in [5, 5.41) is 7.17. The van der Waals surface area contributed by atoms with Crippen molar-refractivity contribution in [3.8, 4) is 0 Å². The number of carbonyl (C=O) groups excluding carboxylic acids is 1. The maximum absolute atomic E-state index is 12.4. The molecule has 1 aromatic carbocycles. The zero-order valence-electron chi connectivity index (χ0n) is 13.1. The SMILES string of the molecule is O=C(CSc1nc2ncc(Cl)cc2[nH]1)N1CCC(c2ccccc2)=N1.